The number of aliphatic hydroxyl groups is 1. The van der Waals surface area contributed by atoms with Gasteiger partial charge in [-0.3, -0.25) is 9.59 Å². The number of hydrogen-bond acceptors (Lipinski definition) is 8. The van der Waals surface area contributed by atoms with Gasteiger partial charge < -0.3 is 28.8 Å². The van der Waals surface area contributed by atoms with Gasteiger partial charge >= 0.3 is 5.97 Å². The van der Waals surface area contributed by atoms with Crippen molar-refractivity contribution in [2.75, 3.05) is 40.4 Å². The molecule has 9 nitrogen and oxygen atoms in total. The van der Waals surface area contributed by atoms with Crippen molar-refractivity contribution >= 4 is 28.6 Å². The molecule has 0 saturated carbocycles. The van der Waals surface area contributed by atoms with Gasteiger partial charge in [0.15, 0.2) is 22.9 Å². The fourth-order valence-electron chi connectivity index (χ4n) is 4.61. The van der Waals surface area contributed by atoms with Crippen LogP contribution in [0.5, 0.6) is 5.75 Å². The van der Waals surface area contributed by atoms with Gasteiger partial charge in [0.25, 0.3) is 5.91 Å². The first-order valence-corrected chi connectivity index (χ1v) is 12.1. The molecule has 1 aliphatic heterocycles. The molecular weight excluding hydrogens is 476 g/mol. The highest BCUT2D eigenvalue weighted by Gasteiger charge is 2.44. The zero-order valence-corrected chi connectivity index (χ0v) is 21.3. The Balaban J connectivity index is 1.77. The lowest BCUT2D eigenvalue weighted by Gasteiger charge is -2.29. The van der Waals surface area contributed by atoms with Crippen LogP contribution >= 0.6 is 0 Å². The summed E-state index contributed by atoms with van der Waals surface area (Å²) in [6.07, 6.45) is 0. The van der Waals surface area contributed by atoms with Crippen molar-refractivity contribution in [2.45, 2.75) is 19.9 Å². The van der Waals surface area contributed by atoms with Gasteiger partial charge in [-0.2, -0.15) is 0 Å². The average Bonchev–Trinajstić information content (AvgIpc) is 3.47. The largest absolute Gasteiger partial charge is 0.503 e. The number of aliphatic hydroxyl groups excluding tert-OH is 1. The molecule has 37 heavy (non-hydrogen) atoms. The predicted molar refractivity (Wildman–Crippen MR) is 137 cm³/mol. The molecular formula is C28H30N2O7. The first kappa shape index (κ1) is 26.0. The summed E-state index contributed by atoms with van der Waals surface area (Å²) in [5.41, 5.74) is 1.22. The molecule has 2 heterocycles. The molecule has 9 heteroatoms. The molecule has 1 aliphatic rings. The number of ether oxygens (including phenoxy) is 2. The van der Waals surface area contributed by atoms with Crippen LogP contribution in [0.15, 0.2) is 64.3 Å². The van der Waals surface area contributed by atoms with Gasteiger partial charge in [0.05, 0.1) is 31.4 Å². The third-order valence-corrected chi connectivity index (χ3v) is 6.70. The molecule has 0 unspecified atom stereocenters. The van der Waals surface area contributed by atoms with Crippen LogP contribution in [0.2, 0.25) is 0 Å². The van der Waals surface area contributed by atoms with Crippen molar-refractivity contribution in [3.63, 3.8) is 0 Å². The summed E-state index contributed by atoms with van der Waals surface area (Å²) in [7, 11) is 2.80. The van der Waals surface area contributed by atoms with E-state index in [1.165, 1.54) is 19.1 Å². The van der Waals surface area contributed by atoms with Crippen molar-refractivity contribution in [1.29, 1.82) is 0 Å². The number of esters is 1. The Morgan fingerprint density at radius 2 is 1.78 bits per heavy atom. The number of hydrogen-bond donors (Lipinski definition) is 1. The van der Waals surface area contributed by atoms with Gasteiger partial charge in [-0.15, -0.1) is 0 Å². The number of para-hydroxylation sites is 1. The maximum atomic E-state index is 13.8. The van der Waals surface area contributed by atoms with E-state index in [9.17, 15) is 19.5 Å². The normalized spacial score (nSPS) is 15.6. The molecule has 0 aliphatic carbocycles. The van der Waals surface area contributed by atoms with Crippen molar-refractivity contribution < 1.29 is 33.4 Å². The molecule has 4 rings (SSSR count). The fourth-order valence-corrected chi connectivity index (χ4v) is 4.61. The number of carbonyl (C=O) groups is 3. The summed E-state index contributed by atoms with van der Waals surface area (Å²) in [5, 5.41) is 11.6. The average molecular weight is 507 g/mol. The number of ketones is 1. The minimum absolute atomic E-state index is 0.0179. The maximum absolute atomic E-state index is 13.8. The third kappa shape index (κ3) is 4.82. The zero-order valence-electron chi connectivity index (χ0n) is 21.3. The van der Waals surface area contributed by atoms with Crippen LogP contribution < -0.4 is 4.74 Å². The molecule has 3 aromatic rings. The number of Topliss-reactive ketones (excluding diaryl/α,β-unsaturated/α-hetero) is 1. The molecule has 194 valence electrons. The number of carbonyl (C=O) groups excluding carboxylic acids is 3. The van der Waals surface area contributed by atoms with E-state index in [0.29, 0.717) is 40.9 Å². The number of nitrogens with zero attached hydrogens (tertiary/aromatic N) is 2. The Labute approximate surface area is 214 Å². The second kappa shape index (κ2) is 10.9. The van der Waals surface area contributed by atoms with Crippen LogP contribution in [0, 0.1) is 0 Å². The summed E-state index contributed by atoms with van der Waals surface area (Å²) >= 11 is 0. The van der Waals surface area contributed by atoms with Crippen LogP contribution in [0.4, 0.5) is 0 Å². The fraction of sp³-hybridized carbons (Fsp3) is 0.321. The maximum Gasteiger partial charge on any atom is 0.337 e. The summed E-state index contributed by atoms with van der Waals surface area (Å²) in [5.74, 6) is -1.90. The summed E-state index contributed by atoms with van der Waals surface area (Å²) in [6.45, 7) is 6.49. The van der Waals surface area contributed by atoms with E-state index in [2.05, 4.69) is 4.90 Å². The molecule has 0 fully saturated rings. The van der Waals surface area contributed by atoms with Gasteiger partial charge in [0, 0.05) is 18.5 Å². The Morgan fingerprint density at radius 3 is 2.41 bits per heavy atom. The highest BCUT2D eigenvalue weighted by atomic mass is 16.5. The van der Waals surface area contributed by atoms with Crippen LogP contribution in [0.1, 0.15) is 46.4 Å². The van der Waals surface area contributed by atoms with Gasteiger partial charge in [-0.05, 0) is 42.9 Å². The second-order valence-corrected chi connectivity index (χ2v) is 8.62. The van der Waals surface area contributed by atoms with Crippen molar-refractivity contribution in [3.8, 4) is 5.75 Å². The number of amides is 1. The molecule has 1 atom stereocenters. The van der Waals surface area contributed by atoms with Gasteiger partial charge in [-0.25, -0.2) is 4.79 Å². The lowest BCUT2D eigenvalue weighted by molar-refractivity contribution is -0.129. The van der Waals surface area contributed by atoms with Gasteiger partial charge in [-0.1, -0.05) is 38.1 Å². The molecule has 0 spiro atoms. The molecule has 0 radical (unpaired) electrons. The highest BCUT2D eigenvalue weighted by molar-refractivity contribution is 6.16. The van der Waals surface area contributed by atoms with Crippen LogP contribution in [-0.4, -0.2) is 73.0 Å². The van der Waals surface area contributed by atoms with Crippen LogP contribution in [0.25, 0.3) is 11.0 Å². The van der Waals surface area contributed by atoms with E-state index in [1.807, 2.05) is 13.8 Å². The van der Waals surface area contributed by atoms with Crippen molar-refractivity contribution in [3.05, 3.63) is 76.8 Å². The summed E-state index contributed by atoms with van der Waals surface area (Å²) < 4.78 is 16.0. The van der Waals surface area contributed by atoms with Crippen molar-refractivity contribution in [1.82, 2.24) is 9.80 Å². The molecule has 0 bridgehead atoms. The monoisotopic (exact) mass is 506 g/mol. The standard InChI is InChI=1S/C28H30N2O7/c1-5-29(6-2)14-15-30-23(17-10-12-18(13-11-17)28(34)36-4)22(25(32)27(30)33)24(31)21-16-19-8-7-9-20(35-3)26(19)37-21/h7-13,16,23,32H,5-6,14-15H2,1-4H3/t23-/m1/s1. The Bertz CT molecular complexity index is 1350. The molecule has 1 N–H and O–H groups in total. The second-order valence-electron chi connectivity index (χ2n) is 8.62. The topological polar surface area (TPSA) is 110 Å². The van der Waals surface area contributed by atoms with E-state index in [4.69, 9.17) is 13.9 Å². The summed E-state index contributed by atoms with van der Waals surface area (Å²) in [6, 6.07) is 12.4. The first-order chi connectivity index (χ1) is 17.8. The first-order valence-electron chi connectivity index (χ1n) is 12.1. The van der Waals surface area contributed by atoms with E-state index in [0.717, 1.165) is 13.1 Å². The minimum atomic E-state index is -0.864. The van der Waals surface area contributed by atoms with E-state index in [-0.39, 0.29) is 11.3 Å². The smallest absolute Gasteiger partial charge is 0.337 e. The van der Waals surface area contributed by atoms with Gasteiger partial charge in [0.2, 0.25) is 5.78 Å². The van der Waals surface area contributed by atoms with Gasteiger partial charge in [0.1, 0.15) is 0 Å². The van der Waals surface area contributed by atoms with Crippen molar-refractivity contribution in [2.24, 2.45) is 0 Å². The SMILES string of the molecule is CCN(CC)CCN1C(=O)C(O)=C(C(=O)c2cc3cccc(OC)c3o2)[C@H]1c1ccc(C(=O)OC)cc1. The molecule has 1 amide bonds. The van der Waals surface area contributed by atoms with Crippen LogP contribution in [-0.2, 0) is 9.53 Å². The summed E-state index contributed by atoms with van der Waals surface area (Å²) in [4.78, 5) is 42.6. The molecule has 1 aromatic heterocycles. The lowest BCUT2D eigenvalue weighted by Crippen LogP contribution is -2.38. The number of methoxy groups -OCH3 is 2. The Kier molecular flexibility index (Phi) is 7.63. The highest BCUT2D eigenvalue weighted by Crippen LogP contribution is 2.40. The predicted octanol–water partition coefficient (Wildman–Crippen LogP) is 4.15. The number of likely N-dealkylation sites (N-methyl/N-ethyl adjacent to an activating group) is 1. The lowest BCUT2D eigenvalue weighted by atomic mass is 9.94. The number of rotatable bonds is 10. The molecule has 0 saturated heterocycles. The number of furan rings is 1. The van der Waals surface area contributed by atoms with E-state index in [1.54, 1.807) is 48.5 Å². The molecule has 2 aromatic carbocycles. The minimum Gasteiger partial charge on any atom is -0.503 e. The Morgan fingerprint density at radius 1 is 1.08 bits per heavy atom. The zero-order chi connectivity index (χ0) is 26.7. The van der Waals surface area contributed by atoms with Crippen LogP contribution in [0.3, 0.4) is 0 Å². The van der Waals surface area contributed by atoms with E-state index >= 15 is 0 Å². The number of benzene rings is 2. The Hall–Kier alpha value is -4.11. The quantitative estimate of drug-likeness (QED) is 0.323. The van der Waals surface area contributed by atoms with E-state index < -0.39 is 29.5 Å². The third-order valence-electron chi connectivity index (χ3n) is 6.70. The number of fused-ring (bicyclic) bond motifs is 1.